The number of hydrogen-bond acceptors (Lipinski definition) is 1. The van der Waals surface area contributed by atoms with Gasteiger partial charge in [-0.15, -0.1) is 0 Å². The van der Waals surface area contributed by atoms with Crippen molar-refractivity contribution >= 4 is 27.8 Å². The number of benzene rings is 13. The summed E-state index contributed by atoms with van der Waals surface area (Å²) >= 11 is 0. The molecule has 13 aromatic carbocycles. The van der Waals surface area contributed by atoms with Gasteiger partial charge in [-0.3, -0.25) is 0 Å². The highest BCUT2D eigenvalue weighted by molar-refractivity contribution is 5.97. The van der Waals surface area contributed by atoms with Gasteiger partial charge in [0.25, 0.3) is 0 Å². The van der Waals surface area contributed by atoms with Crippen molar-refractivity contribution in [2.24, 2.45) is 0 Å². The summed E-state index contributed by atoms with van der Waals surface area (Å²) in [6, 6.07) is 118. The number of anilines is 3. The first kappa shape index (κ1) is 46.5. The van der Waals surface area contributed by atoms with Crippen LogP contribution in [-0.2, 0) is 5.41 Å². The summed E-state index contributed by atoms with van der Waals surface area (Å²) in [5.74, 6) is 0. The van der Waals surface area contributed by atoms with Crippen LogP contribution < -0.4 is 4.90 Å². The largest absolute Gasteiger partial charge is 0.310 e. The molecule has 1 aliphatic rings. The summed E-state index contributed by atoms with van der Waals surface area (Å²) < 4.78 is 0. The lowest BCUT2D eigenvalue weighted by molar-refractivity contribution is 0.768. The lowest BCUT2D eigenvalue weighted by Crippen LogP contribution is -2.28. The molecule has 1 heteroatoms. The molecule has 13 aromatic rings. The molecule has 0 spiro atoms. The number of nitrogens with zero attached hydrogens (tertiary/aromatic N) is 1. The van der Waals surface area contributed by atoms with Crippen LogP contribution in [0.2, 0.25) is 0 Å². The van der Waals surface area contributed by atoms with Gasteiger partial charge in [-0.25, -0.2) is 0 Å². The molecule has 0 saturated heterocycles. The summed E-state index contributed by atoms with van der Waals surface area (Å²) in [7, 11) is 0. The van der Waals surface area contributed by atoms with Crippen molar-refractivity contribution in [1.82, 2.24) is 0 Å². The topological polar surface area (TPSA) is 3.24 Å². The van der Waals surface area contributed by atoms with Crippen molar-refractivity contribution < 1.29 is 0 Å². The lowest BCUT2D eigenvalue weighted by Gasteiger charge is -2.34. The Hall–Kier alpha value is -10.1. The monoisotopic (exact) mass is 991 g/mol. The molecule has 0 saturated carbocycles. The molecule has 0 amide bonds. The molecule has 1 aliphatic carbocycles. The van der Waals surface area contributed by atoms with E-state index in [1.54, 1.807) is 0 Å². The van der Waals surface area contributed by atoms with Crippen molar-refractivity contribution in [3.63, 3.8) is 0 Å². The molecule has 14 rings (SSSR count). The van der Waals surface area contributed by atoms with Crippen molar-refractivity contribution in [2.45, 2.75) is 5.41 Å². The normalized spacial score (nSPS) is 12.2. The molecule has 1 nitrogen and oxygen atoms in total. The fourth-order valence-corrected chi connectivity index (χ4v) is 12.3. The zero-order valence-corrected chi connectivity index (χ0v) is 43.0. The summed E-state index contributed by atoms with van der Waals surface area (Å²) in [6.07, 6.45) is 0. The highest BCUT2D eigenvalue weighted by atomic mass is 15.1. The maximum absolute atomic E-state index is 2.42. The highest BCUT2D eigenvalue weighted by Crippen LogP contribution is 2.58. The average molecular weight is 992 g/mol. The van der Waals surface area contributed by atoms with Crippen LogP contribution in [0.3, 0.4) is 0 Å². The Morgan fingerprint density at radius 1 is 0.218 bits per heavy atom. The summed E-state index contributed by atoms with van der Waals surface area (Å²) in [6.45, 7) is 0. The van der Waals surface area contributed by atoms with Gasteiger partial charge in [0, 0.05) is 16.9 Å². The minimum absolute atomic E-state index is 0.470. The predicted molar refractivity (Wildman–Crippen MR) is 329 cm³/mol. The first-order valence-corrected chi connectivity index (χ1v) is 27.0. The quantitative estimate of drug-likeness (QED) is 0.125. The van der Waals surface area contributed by atoms with Gasteiger partial charge in [-0.05, 0) is 154 Å². The molecule has 0 aliphatic heterocycles. The SMILES string of the molecule is c1ccc(-c2cccc(-c3ccccc3N(c3ccc(-c4ccc(-c5cccc(-c6ccc7ccccc7c6)c5)cc4)cc3)c3ccc(-c4cccc5c4-c4ccccc4C5(c4ccccc4)c4ccccc4)cc3)c2)cc1. The number of para-hydroxylation sites is 1. The second kappa shape index (κ2) is 19.9. The molecule has 0 N–H and O–H groups in total. The third-order valence-corrected chi connectivity index (χ3v) is 16.0. The third kappa shape index (κ3) is 8.21. The fourth-order valence-electron chi connectivity index (χ4n) is 12.3. The Morgan fingerprint density at radius 2 is 0.615 bits per heavy atom. The van der Waals surface area contributed by atoms with Crippen LogP contribution >= 0.6 is 0 Å². The maximum Gasteiger partial charge on any atom is 0.0713 e. The van der Waals surface area contributed by atoms with E-state index < -0.39 is 5.41 Å². The highest BCUT2D eigenvalue weighted by Gasteiger charge is 2.46. The van der Waals surface area contributed by atoms with Gasteiger partial charge in [0.15, 0.2) is 0 Å². The molecule has 0 heterocycles. The second-order valence-electron chi connectivity index (χ2n) is 20.4. The third-order valence-electron chi connectivity index (χ3n) is 16.0. The Bertz CT molecular complexity index is 4230. The van der Waals surface area contributed by atoms with Crippen LogP contribution in [0.5, 0.6) is 0 Å². The first-order chi connectivity index (χ1) is 38.7. The van der Waals surface area contributed by atoms with E-state index in [-0.39, 0.29) is 0 Å². The van der Waals surface area contributed by atoms with Crippen LogP contribution in [-0.4, -0.2) is 0 Å². The van der Waals surface area contributed by atoms with Crippen molar-refractivity contribution in [3.8, 4) is 77.9 Å². The summed E-state index contributed by atoms with van der Waals surface area (Å²) in [4.78, 5) is 2.42. The number of rotatable bonds is 11. The van der Waals surface area contributed by atoms with Gasteiger partial charge >= 0.3 is 0 Å². The van der Waals surface area contributed by atoms with E-state index in [1.807, 2.05) is 0 Å². The zero-order chi connectivity index (χ0) is 51.8. The van der Waals surface area contributed by atoms with Gasteiger partial charge in [0.05, 0.1) is 11.1 Å². The van der Waals surface area contributed by atoms with Crippen LogP contribution in [0, 0.1) is 0 Å². The number of fused-ring (bicyclic) bond motifs is 4. The van der Waals surface area contributed by atoms with Crippen LogP contribution in [0.25, 0.3) is 88.7 Å². The van der Waals surface area contributed by atoms with E-state index in [0.717, 1.165) is 33.8 Å². The Labute approximate surface area is 457 Å². The van der Waals surface area contributed by atoms with Gasteiger partial charge in [0.1, 0.15) is 0 Å². The van der Waals surface area contributed by atoms with Crippen LogP contribution in [0.4, 0.5) is 17.1 Å². The lowest BCUT2D eigenvalue weighted by atomic mass is 9.67. The molecule has 0 atom stereocenters. The molecular weight excluding hydrogens is 939 g/mol. The second-order valence-corrected chi connectivity index (χ2v) is 20.4. The van der Waals surface area contributed by atoms with E-state index in [4.69, 9.17) is 0 Å². The van der Waals surface area contributed by atoms with Gasteiger partial charge in [-0.2, -0.15) is 0 Å². The standard InChI is InChI=1S/C77H53N/c1-4-19-54(20-5-1)62-24-17-26-65(53-62)70-31-13-15-36-75(70)78(68-47-43-57(44-48-68)56-37-39-58(40-38-56)61-23-16-25-63(51-61)64-42-41-55-21-10-11-22-60(55)52-64)69-49-45-59(46-50-69)71-33-18-35-74-76(71)72-32-12-14-34-73(72)77(74,66-27-6-2-7-28-66)67-29-8-3-9-30-67/h1-53H. The zero-order valence-electron chi connectivity index (χ0n) is 43.0. The summed E-state index contributed by atoms with van der Waals surface area (Å²) in [5, 5.41) is 2.51. The minimum atomic E-state index is -0.470. The molecular formula is C77H53N. The maximum atomic E-state index is 2.42. The average Bonchev–Trinajstić information content (AvgIpc) is 3.72. The first-order valence-electron chi connectivity index (χ1n) is 27.0. The summed E-state index contributed by atoms with van der Waals surface area (Å²) in [5.41, 5.74) is 24.7. The Balaban J connectivity index is 0.844. The van der Waals surface area contributed by atoms with Crippen molar-refractivity contribution in [3.05, 3.63) is 344 Å². The van der Waals surface area contributed by atoms with E-state index in [1.165, 1.54) is 94.2 Å². The Morgan fingerprint density at radius 3 is 1.27 bits per heavy atom. The molecule has 0 radical (unpaired) electrons. The van der Waals surface area contributed by atoms with Gasteiger partial charge < -0.3 is 4.90 Å². The van der Waals surface area contributed by atoms with E-state index >= 15 is 0 Å². The number of hydrogen-bond donors (Lipinski definition) is 0. The Kier molecular flexibility index (Phi) is 11.8. The van der Waals surface area contributed by atoms with Crippen LogP contribution in [0.1, 0.15) is 22.3 Å². The van der Waals surface area contributed by atoms with Crippen molar-refractivity contribution in [1.29, 1.82) is 0 Å². The van der Waals surface area contributed by atoms with E-state index in [9.17, 15) is 0 Å². The molecule has 366 valence electrons. The van der Waals surface area contributed by atoms with Gasteiger partial charge in [-0.1, -0.05) is 273 Å². The molecule has 78 heavy (non-hydrogen) atoms. The fraction of sp³-hybridized carbons (Fsp3) is 0.0130. The molecule has 0 aromatic heterocycles. The smallest absolute Gasteiger partial charge is 0.0713 e. The van der Waals surface area contributed by atoms with E-state index in [0.29, 0.717) is 0 Å². The molecule has 0 bridgehead atoms. The van der Waals surface area contributed by atoms with Gasteiger partial charge in [0.2, 0.25) is 0 Å². The van der Waals surface area contributed by atoms with Crippen molar-refractivity contribution in [2.75, 3.05) is 4.90 Å². The predicted octanol–water partition coefficient (Wildman–Crippen LogP) is 20.7. The minimum Gasteiger partial charge on any atom is -0.310 e. The molecule has 0 unspecified atom stereocenters. The van der Waals surface area contributed by atoms with Crippen LogP contribution in [0.15, 0.2) is 322 Å². The van der Waals surface area contributed by atoms with E-state index in [2.05, 4.69) is 326 Å². The molecule has 0 fully saturated rings.